The molecule has 0 bridgehead atoms. The Balaban J connectivity index is 1.31. The van der Waals surface area contributed by atoms with E-state index in [1.165, 1.54) is 36.4 Å². The van der Waals surface area contributed by atoms with Crippen molar-refractivity contribution in [3.8, 4) is 44.9 Å². The van der Waals surface area contributed by atoms with Gasteiger partial charge in [0.1, 0.15) is 11.6 Å². The Hall–Kier alpha value is -7.93. The van der Waals surface area contributed by atoms with Gasteiger partial charge >= 0.3 is 23.3 Å². The Morgan fingerprint density at radius 3 is 1.03 bits per heavy atom. The average molecular weight is 1060 g/mol. The summed E-state index contributed by atoms with van der Waals surface area (Å²) < 4.78 is 263. The highest BCUT2D eigenvalue weighted by Crippen LogP contribution is 2.65. The number of hydrogen-bond donors (Lipinski definition) is 1. The fourth-order valence-electron chi connectivity index (χ4n) is 10.6. The van der Waals surface area contributed by atoms with Crippen molar-refractivity contribution in [2.75, 3.05) is 0 Å². The van der Waals surface area contributed by atoms with Crippen LogP contribution in [-0.2, 0) is 14.6 Å². The first-order valence-corrected chi connectivity index (χ1v) is 24.6. The predicted molar refractivity (Wildman–Crippen MR) is 252 cm³/mol. The Morgan fingerprint density at radius 1 is 0.365 bits per heavy atom. The standard InChI is InChI=1S/C53H19F13NO5PS/c54-41-33(27-17-13-23-9-7-19-3-1-5-21-11-15-25(27)31(23)29(19)21)51-37(35-39(41)45(58)49(62)47(60)43(35)56)38-36-40(46(59)50(63)48(61)44(36)57)42(55)34(52(38)72-73(68,71-51)67-74(69,70)53(64,65)66)28-18-14-24-10-8-20-4-2-6-22-12-16-26(28)32(24)30(20)22/h1-18H,(H,67,68). The van der Waals surface area contributed by atoms with E-state index in [4.69, 9.17) is 9.05 Å². The molecule has 12 aromatic carbocycles. The second-order valence-electron chi connectivity index (χ2n) is 17.5. The second-order valence-corrected chi connectivity index (χ2v) is 21.0. The zero-order valence-corrected chi connectivity index (χ0v) is 37.9. The molecule has 0 fully saturated rings. The molecule has 0 spiro atoms. The zero-order chi connectivity index (χ0) is 52.0. The summed E-state index contributed by atoms with van der Waals surface area (Å²) in [6.07, 6.45) is 0. The molecule has 1 aliphatic heterocycles. The van der Waals surface area contributed by atoms with Gasteiger partial charge < -0.3 is 9.05 Å². The van der Waals surface area contributed by atoms with Crippen molar-refractivity contribution in [1.29, 1.82) is 0 Å². The minimum Gasteiger partial charge on any atom is -0.402 e. The summed E-state index contributed by atoms with van der Waals surface area (Å²) in [7, 11) is -13.9. The molecule has 74 heavy (non-hydrogen) atoms. The van der Waals surface area contributed by atoms with Gasteiger partial charge in [-0.1, -0.05) is 114 Å². The molecule has 0 unspecified atom stereocenters. The topological polar surface area (TPSA) is 81.7 Å². The van der Waals surface area contributed by atoms with Gasteiger partial charge in [0, 0.05) is 21.9 Å². The first kappa shape index (κ1) is 45.9. The third-order valence-corrected chi connectivity index (χ3v) is 16.9. The van der Waals surface area contributed by atoms with E-state index in [9.17, 15) is 21.6 Å². The summed E-state index contributed by atoms with van der Waals surface area (Å²) in [5.74, 6) is -29.1. The van der Waals surface area contributed by atoms with Crippen LogP contribution in [0.4, 0.5) is 57.1 Å². The zero-order valence-electron chi connectivity index (χ0n) is 36.2. The summed E-state index contributed by atoms with van der Waals surface area (Å²) >= 11 is 0. The van der Waals surface area contributed by atoms with Crippen LogP contribution in [0.15, 0.2) is 109 Å². The molecule has 0 atom stereocenters. The van der Waals surface area contributed by atoms with Crippen LogP contribution in [0.3, 0.4) is 0 Å². The molecule has 13 rings (SSSR count). The SMILES string of the molecule is O=P1(NS(=O)(=O)C(F)(F)F)Oc2c(-c3ccc4ccc5cccc6ccc3c4c56)c(F)c3c(F)c(F)c(F)c(F)c3c2-c2c(c(-c3ccc4ccc5cccc6ccc3c4c56)c(F)c3c(F)c(F)c(F)c(F)c23)O1. The number of sulfonamides is 1. The van der Waals surface area contributed by atoms with Gasteiger partial charge in [-0.05, 0) is 75.8 Å². The van der Waals surface area contributed by atoms with Gasteiger partial charge in [0.2, 0.25) is 0 Å². The van der Waals surface area contributed by atoms with E-state index >= 15 is 48.5 Å². The fourth-order valence-corrected chi connectivity index (χ4v) is 13.4. The van der Waals surface area contributed by atoms with Gasteiger partial charge in [0.05, 0.1) is 21.9 Å². The molecule has 0 radical (unpaired) electrons. The maximum atomic E-state index is 18.0. The van der Waals surface area contributed by atoms with Crippen molar-refractivity contribution in [2.24, 2.45) is 0 Å². The van der Waals surface area contributed by atoms with Crippen molar-refractivity contribution in [3.63, 3.8) is 0 Å². The predicted octanol–water partition coefficient (Wildman–Crippen LogP) is 16.5. The van der Waals surface area contributed by atoms with Crippen molar-refractivity contribution in [1.82, 2.24) is 4.49 Å². The minimum atomic E-state index is -7.07. The molecular weight excluding hydrogens is 1040 g/mol. The second kappa shape index (κ2) is 15.1. The smallest absolute Gasteiger partial charge is 0.402 e. The lowest BCUT2D eigenvalue weighted by Gasteiger charge is -2.23. The van der Waals surface area contributed by atoms with E-state index in [0.29, 0.717) is 47.6 Å². The van der Waals surface area contributed by atoms with Gasteiger partial charge in [-0.15, -0.1) is 0 Å². The molecule has 1 heterocycles. The molecule has 0 aromatic heterocycles. The molecule has 1 N–H and O–H groups in total. The van der Waals surface area contributed by atoms with E-state index in [1.54, 1.807) is 60.7 Å². The quantitative estimate of drug-likeness (QED) is 0.0624. The van der Waals surface area contributed by atoms with Crippen LogP contribution in [0.2, 0.25) is 0 Å². The Kier molecular flexibility index (Phi) is 9.36. The minimum absolute atomic E-state index is 0.0981. The molecule has 0 saturated carbocycles. The number of benzene rings is 12. The normalized spacial score (nSPS) is 14.0. The van der Waals surface area contributed by atoms with Gasteiger partial charge in [0.25, 0.3) is 0 Å². The highest BCUT2D eigenvalue weighted by Gasteiger charge is 2.54. The first-order valence-electron chi connectivity index (χ1n) is 21.6. The molecule has 21 heteroatoms. The van der Waals surface area contributed by atoms with Crippen molar-refractivity contribution in [3.05, 3.63) is 167 Å². The van der Waals surface area contributed by atoms with Crippen molar-refractivity contribution in [2.45, 2.75) is 5.51 Å². The Bertz CT molecular complexity index is 4460. The van der Waals surface area contributed by atoms with E-state index in [-0.39, 0.29) is 21.5 Å². The largest absolute Gasteiger partial charge is 0.526 e. The highest BCUT2D eigenvalue weighted by molar-refractivity contribution is 7.95. The Labute approximate surface area is 404 Å². The van der Waals surface area contributed by atoms with Crippen LogP contribution < -0.4 is 13.5 Å². The monoisotopic (exact) mass is 1060 g/mol. The lowest BCUT2D eigenvalue weighted by Crippen LogP contribution is -2.36. The van der Waals surface area contributed by atoms with Crippen LogP contribution >= 0.6 is 7.75 Å². The molecule has 1 aliphatic rings. The first-order chi connectivity index (χ1) is 35.1. The van der Waals surface area contributed by atoms with E-state index < -0.39 is 148 Å². The summed E-state index contributed by atoms with van der Waals surface area (Å²) in [6, 6.07) is 27.0. The van der Waals surface area contributed by atoms with Crippen LogP contribution in [0.1, 0.15) is 0 Å². The van der Waals surface area contributed by atoms with E-state index in [1.807, 2.05) is 0 Å². The molecule has 0 saturated heterocycles. The summed E-state index contributed by atoms with van der Waals surface area (Å²) in [4.78, 5) is 0. The van der Waals surface area contributed by atoms with Crippen LogP contribution in [0.5, 0.6) is 11.5 Å². The number of nitrogens with one attached hydrogen (secondary N) is 1. The Morgan fingerprint density at radius 2 is 0.676 bits per heavy atom. The lowest BCUT2D eigenvalue weighted by atomic mass is 9.82. The number of rotatable bonds is 4. The van der Waals surface area contributed by atoms with Crippen LogP contribution in [0.25, 0.3) is 120 Å². The molecule has 12 aromatic rings. The lowest BCUT2D eigenvalue weighted by molar-refractivity contribution is -0.0443. The fraction of sp³-hybridized carbons (Fsp3) is 0.0189. The van der Waals surface area contributed by atoms with Crippen LogP contribution in [-0.4, -0.2) is 13.9 Å². The van der Waals surface area contributed by atoms with Gasteiger partial charge in [-0.25, -0.2) is 56.9 Å². The summed E-state index contributed by atoms with van der Waals surface area (Å²) in [5.41, 5.74) is -13.7. The van der Waals surface area contributed by atoms with E-state index in [2.05, 4.69) is 0 Å². The maximum Gasteiger partial charge on any atom is 0.526 e. The maximum absolute atomic E-state index is 18.0. The third-order valence-electron chi connectivity index (χ3n) is 13.6. The average Bonchev–Trinajstić information content (AvgIpc) is 3.53. The number of alkyl halides is 3. The van der Waals surface area contributed by atoms with Crippen LogP contribution in [0, 0.1) is 58.2 Å². The van der Waals surface area contributed by atoms with Crippen molar-refractivity contribution < 1.29 is 79.1 Å². The van der Waals surface area contributed by atoms with Gasteiger partial charge in [0.15, 0.2) is 58.0 Å². The molecular formula is C53H19F13NO5PS. The molecule has 368 valence electrons. The molecule has 0 amide bonds. The third kappa shape index (κ3) is 5.94. The van der Waals surface area contributed by atoms with Crippen molar-refractivity contribution >= 4 is 104 Å². The number of halogens is 13. The number of hydrogen-bond acceptors (Lipinski definition) is 5. The van der Waals surface area contributed by atoms with Gasteiger partial charge in [-0.3, -0.25) is 0 Å². The summed E-state index contributed by atoms with van der Waals surface area (Å²) in [6.45, 7) is 0. The molecule has 0 aliphatic carbocycles. The van der Waals surface area contributed by atoms with E-state index in [0.717, 1.165) is 12.1 Å². The highest BCUT2D eigenvalue weighted by atomic mass is 32.2. The number of fused-ring (bicyclic) bond motifs is 7. The summed E-state index contributed by atoms with van der Waals surface area (Å²) in [5, 5.41) is -3.38. The molecule has 6 nitrogen and oxygen atoms in total. The van der Waals surface area contributed by atoms with Gasteiger partial charge in [-0.2, -0.15) is 13.2 Å².